The highest BCUT2D eigenvalue weighted by Gasteiger charge is 2.33. The van der Waals surface area contributed by atoms with Gasteiger partial charge in [0.25, 0.3) is 5.56 Å². The number of halogens is 1. The lowest BCUT2D eigenvalue weighted by molar-refractivity contribution is 0.0832. The Morgan fingerprint density at radius 1 is 1.20 bits per heavy atom. The van der Waals surface area contributed by atoms with Crippen LogP contribution in [0.5, 0.6) is 0 Å². The van der Waals surface area contributed by atoms with E-state index in [9.17, 15) is 9.18 Å². The van der Waals surface area contributed by atoms with Gasteiger partial charge in [0.2, 0.25) is 0 Å². The summed E-state index contributed by atoms with van der Waals surface area (Å²) in [5.74, 6) is 2.09. The van der Waals surface area contributed by atoms with Crippen LogP contribution in [0.3, 0.4) is 0 Å². The van der Waals surface area contributed by atoms with Crippen LogP contribution < -0.4 is 5.56 Å². The van der Waals surface area contributed by atoms with Crippen molar-refractivity contribution in [2.24, 2.45) is 5.92 Å². The molecule has 0 amide bonds. The number of fused-ring (bicyclic) bond motifs is 1. The van der Waals surface area contributed by atoms with Crippen LogP contribution in [0.25, 0.3) is 5.52 Å². The molecule has 5 rings (SSSR count). The topological polar surface area (TPSA) is 75.5 Å². The summed E-state index contributed by atoms with van der Waals surface area (Å²) in [5, 5.41) is 4.84. The number of benzene rings is 1. The fourth-order valence-corrected chi connectivity index (χ4v) is 4.73. The van der Waals surface area contributed by atoms with E-state index in [1.807, 2.05) is 12.1 Å². The van der Waals surface area contributed by atoms with Crippen LogP contribution in [-0.4, -0.2) is 50.8 Å². The van der Waals surface area contributed by atoms with Gasteiger partial charge in [0, 0.05) is 44.7 Å². The Labute approximate surface area is 173 Å². The third kappa shape index (κ3) is 3.65. The average molecular weight is 411 g/mol. The first-order valence-corrected chi connectivity index (χ1v) is 10.6. The molecule has 158 valence electrons. The molecule has 1 N–H and O–H groups in total. The average Bonchev–Trinajstić information content (AvgIpc) is 3.34. The molecule has 0 aliphatic carbocycles. The van der Waals surface area contributed by atoms with Crippen LogP contribution in [0.15, 0.2) is 35.3 Å². The largest absolute Gasteiger partial charge is 0.381 e. The number of hydrogen-bond acceptors (Lipinski definition) is 5. The van der Waals surface area contributed by atoms with E-state index in [-0.39, 0.29) is 23.2 Å². The summed E-state index contributed by atoms with van der Waals surface area (Å²) < 4.78 is 20.4. The Morgan fingerprint density at radius 3 is 2.73 bits per heavy atom. The van der Waals surface area contributed by atoms with Crippen LogP contribution >= 0.6 is 0 Å². The van der Waals surface area contributed by atoms with E-state index in [0.717, 1.165) is 43.9 Å². The van der Waals surface area contributed by atoms with Gasteiger partial charge >= 0.3 is 0 Å². The molecule has 2 unspecified atom stereocenters. The molecule has 2 aliphatic heterocycles. The quantitative estimate of drug-likeness (QED) is 0.715. The standard InChI is InChI=1S/C22H26FN5O2/c1-14-11-27(12-15-2-4-17(23)5-3-15)13-18(14)20-25-22(29)19-10-24-21(28(19)26-20)16-6-8-30-9-7-16/h2-5,10,14,16,18H,6-9,11-13H2,1H3,(H,25,26,29). The van der Waals surface area contributed by atoms with Crippen molar-refractivity contribution in [2.75, 3.05) is 26.3 Å². The number of nitrogens with zero attached hydrogens (tertiary/aromatic N) is 4. The van der Waals surface area contributed by atoms with Crippen molar-refractivity contribution >= 4 is 5.52 Å². The number of likely N-dealkylation sites (tertiary alicyclic amines) is 1. The normalized spacial score (nSPS) is 23.4. The summed E-state index contributed by atoms with van der Waals surface area (Å²) in [5.41, 5.74) is 1.43. The van der Waals surface area contributed by atoms with Crippen molar-refractivity contribution < 1.29 is 9.13 Å². The predicted octanol–water partition coefficient (Wildman–Crippen LogP) is 2.69. The lowest BCUT2D eigenvalue weighted by Gasteiger charge is -2.21. The number of H-pyrrole nitrogens is 1. The number of aromatic nitrogens is 4. The minimum absolute atomic E-state index is 0.132. The zero-order valence-corrected chi connectivity index (χ0v) is 17.1. The van der Waals surface area contributed by atoms with E-state index >= 15 is 0 Å². The lowest BCUT2D eigenvalue weighted by Crippen LogP contribution is -2.24. The van der Waals surface area contributed by atoms with Crippen LogP contribution in [0.2, 0.25) is 0 Å². The van der Waals surface area contributed by atoms with Gasteiger partial charge < -0.3 is 9.72 Å². The molecular formula is C22H26FN5O2. The lowest BCUT2D eigenvalue weighted by atomic mass is 9.97. The number of hydrogen-bond donors (Lipinski definition) is 1. The van der Waals surface area contributed by atoms with Crippen molar-refractivity contribution in [2.45, 2.75) is 38.1 Å². The van der Waals surface area contributed by atoms with Crippen LogP contribution in [0.1, 0.15) is 48.8 Å². The van der Waals surface area contributed by atoms with E-state index in [4.69, 9.17) is 9.84 Å². The van der Waals surface area contributed by atoms with Gasteiger partial charge in [-0.3, -0.25) is 9.69 Å². The maximum Gasteiger partial charge on any atom is 0.276 e. The highest BCUT2D eigenvalue weighted by molar-refractivity contribution is 5.42. The Morgan fingerprint density at radius 2 is 1.97 bits per heavy atom. The minimum Gasteiger partial charge on any atom is -0.381 e. The zero-order valence-electron chi connectivity index (χ0n) is 17.1. The molecular weight excluding hydrogens is 385 g/mol. The van der Waals surface area contributed by atoms with Gasteiger partial charge in [-0.2, -0.15) is 5.10 Å². The molecule has 2 fully saturated rings. The molecule has 0 bridgehead atoms. The van der Waals surface area contributed by atoms with Crippen molar-refractivity contribution in [1.29, 1.82) is 0 Å². The van der Waals surface area contributed by atoms with Gasteiger partial charge in [-0.25, -0.2) is 13.9 Å². The van der Waals surface area contributed by atoms with E-state index < -0.39 is 0 Å². The Kier molecular flexibility index (Phi) is 5.12. The van der Waals surface area contributed by atoms with Crippen LogP contribution in [0, 0.1) is 11.7 Å². The Bertz CT molecular complexity index is 1090. The van der Waals surface area contributed by atoms with Gasteiger partial charge in [-0.05, 0) is 36.5 Å². The monoisotopic (exact) mass is 411 g/mol. The molecule has 0 radical (unpaired) electrons. The third-order valence-corrected chi connectivity index (χ3v) is 6.39. The molecule has 0 spiro atoms. The molecule has 2 atom stereocenters. The maximum absolute atomic E-state index is 13.2. The molecule has 2 saturated heterocycles. The maximum atomic E-state index is 13.2. The van der Waals surface area contributed by atoms with Crippen molar-refractivity contribution in [3.8, 4) is 0 Å². The predicted molar refractivity (Wildman–Crippen MR) is 110 cm³/mol. The number of aromatic amines is 1. The summed E-state index contributed by atoms with van der Waals surface area (Å²) in [6.07, 6.45) is 3.42. The van der Waals surface area contributed by atoms with Crippen molar-refractivity contribution in [3.63, 3.8) is 0 Å². The third-order valence-electron chi connectivity index (χ3n) is 6.39. The molecule has 1 aromatic carbocycles. The molecule has 4 heterocycles. The number of ether oxygens (including phenoxy) is 1. The molecule has 8 heteroatoms. The fourth-order valence-electron chi connectivity index (χ4n) is 4.73. The zero-order chi connectivity index (χ0) is 20.7. The number of nitrogens with one attached hydrogen (secondary N) is 1. The van der Waals surface area contributed by atoms with Gasteiger partial charge in [0.1, 0.15) is 17.5 Å². The Balaban J connectivity index is 1.41. The summed E-state index contributed by atoms with van der Waals surface area (Å²) in [6, 6.07) is 6.64. The first-order chi connectivity index (χ1) is 14.6. The first kappa shape index (κ1) is 19.4. The minimum atomic E-state index is -0.220. The number of imidazole rings is 1. The van der Waals surface area contributed by atoms with Crippen LogP contribution in [0.4, 0.5) is 4.39 Å². The van der Waals surface area contributed by atoms with E-state index in [1.54, 1.807) is 10.7 Å². The van der Waals surface area contributed by atoms with E-state index in [1.165, 1.54) is 12.1 Å². The molecule has 0 saturated carbocycles. The van der Waals surface area contributed by atoms with E-state index in [2.05, 4.69) is 21.8 Å². The Hall–Kier alpha value is -2.58. The second-order valence-corrected chi connectivity index (χ2v) is 8.54. The van der Waals surface area contributed by atoms with Crippen molar-refractivity contribution in [3.05, 3.63) is 63.8 Å². The van der Waals surface area contributed by atoms with Gasteiger partial charge in [-0.15, -0.1) is 0 Å². The highest BCUT2D eigenvalue weighted by atomic mass is 19.1. The van der Waals surface area contributed by atoms with Gasteiger partial charge in [0.05, 0.1) is 6.20 Å². The molecule has 7 nitrogen and oxygen atoms in total. The smallest absolute Gasteiger partial charge is 0.276 e. The molecule has 2 aromatic heterocycles. The number of rotatable bonds is 4. The summed E-state index contributed by atoms with van der Waals surface area (Å²) in [6.45, 7) is 6.08. The second kappa shape index (κ2) is 7.92. The first-order valence-electron chi connectivity index (χ1n) is 10.6. The van der Waals surface area contributed by atoms with Gasteiger partial charge in [0.15, 0.2) is 5.52 Å². The van der Waals surface area contributed by atoms with Crippen molar-refractivity contribution in [1.82, 2.24) is 24.5 Å². The SMILES string of the molecule is CC1CN(Cc2ccc(F)cc2)CC1c1nn2c(C3CCOCC3)ncc2c(=O)[nH]1. The summed E-state index contributed by atoms with van der Waals surface area (Å²) in [4.78, 5) is 22.6. The molecule has 30 heavy (non-hydrogen) atoms. The van der Waals surface area contributed by atoms with E-state index in [0.29, 0.717) is 30.5 Å². The molecule has 2 aliphatic rings. The highest BCUT2D eigenvalue weighted by Crippen LogP contribution is 2.31. The van der Waals surface area contributed by atoms with Crippen LogP contribution in [-0.2, 0) is 11.3 Å². The fraction of sp³-hybridized carbons (Fsp3) is 0.500. The molecule has 3 aromatic rings. The summed E-state index contributed by atoms with van der Waals surface area (Å²) in [7, 11) is 0. The summed E-state index contributed by atoms with van der Waals surface area (Å²) >= 11 is 0. The van der Waals surface area contributed by atoms with Gasteiger partial charge in [-0.1, -0.05) is 19.1 Å². The second-order valence-electron chi connectivity index (χ2n) is 8.54.